The zero-order chi connectivity index (χ0) is 13.5. The van der Waals surface area contributed by atoms with Gasteiger partial charge in [0.25, 0.3) is 0 Å². The van der Waals surface area contributed by atoms with Crippen molar-refractivity contribution >= 4 is 0 Å². The molecule has 0 radical (unpaired) electrons. The lowest BCUT2D eigenvalue weighted by atomic mass is 10.1. The maximum absolute atomic E-state index is 13.1. The SMILES string of the molecule is CCN(CC)CC(C)NC(C)c1cccc(F)c1. The van der Waals surface area contributed by atoms with Crippen molar-refractivity contribution in [1.82, 2.24) is 10.2 Å². The van der Waals surface area contributed by atoms with E-state index in [2.05, 4.69) is 37.9 Å². The average Bonchev–Trinajstić information content (AvgIpc) is 2.35. The lowest BCUT2D eigenvalue weighted by molar-refractivity contribution is 0.264. The van der Waals surface area contributed by atoms with Crippen LogP contribution in [0.4, 0.5) is 4.39 Å². The van der Waals surface area contributed by atoms with Crippen LogP contribution >= 0.6 is 0 Å². The van der Waals surface area contributed by atoms with Gasteiger partial charge in [-0.05, 0) is 44.6 Å². The standard InChI is InChI=1S/C15H25FN2/c1-5-18(6-2)11-12(3)17-13(4)14-8-7-9-15(16)10-14/h7-10,12-13,17H,5-6,11H2,1-4H3. The second kappa shape index (κ2) is 7.49. The highest BCUT2D eigenvalue weighted by Crippen LogP contribution is 2.14. The Morgan fingerprint density at radius 1 is 1.22 bits per heavy atom. The molecule has 18 heavy (non-hydrogen) atoms. The summed E-state index contributed by atoms with van der Waals surface area (Å²) in [6.07, 6.45) is 0. The van der Waals surface area contributed by atoms with E-state index < -0.39 is 0 Å². The van der Waals surface area contributed by atoms with E-state index in [-0.39, 0.29) is 11.9 Å². The molecule has 1 N–H and O–H groups in total. The van der Waals surface area contributed by atoms with E-state index in [1.54, 1.807) is 12.1 Å². The van der Waals surface area contributed by atoms with Crippen LogP contribution in [0, 0.1) is 5.82 Å². The van der Waals surface area contributed by atoms with E-state index in [0.717, 1.165) is 25.2 Å². The Morgan fingerprint density at radius 2 is 1.89 bits per heavy atom. The van der Waals surface area contributed by atoms with E-state index >= 15 is 0 Å². The molecule has 0 spiro atoms. The molecule has 0 aliphatic rings. The van der Waals surface area contributed by atoms with Gasteiger partial charge >= 0.3 is 0 Å². The largest absolute Gasteiger partial charge is 0.306 e. The maximum Gasteiger partial charge on any atom is 0.123 e. The first-order valence-corrected chi connectivity index (χ1v) is 6.80. The predicted octanol–water partition coefficient (Wildman–Crippen LogP) is 3.21. The highest BCUT2D eigenvalue weighted by atomic mass is 19.1. The van der Waals surface area contributed by atoms with Crippen LogP contribution in [-0.4, -0.2) is 30.6 Å². The number of hydrogen-bond acceptors (Lipinski definition) is 2. The summed E-state index contributed by atoms with van der Waals surface area (Å²) in [7, 11) is 0. The van der Waals surface area contributed by atoms with E-state index in [9.17, 15) is 4.39 Å². The molecule has 0 aliphatic carbocycles. The predicted molar refractivity (Wildman–Crippen MR) is 75.2 cm³/mol. The molecule has 0 bridgehead atoms. The molecule has 0 saturated carbocycles. The van der Waals surface area contributed by atoms with Gasteiger partial charge in [-0.3, -0.25) is 0 Å². The molecule has 0 amide bonds. The number of hydrogen-bond donors (Lipinski definition) is 1. The Labute approximate surface area is 110 Å². The van der Waals surface area contributed by atoms with Crippen molar-refractivity contribution in [3.05, 3.63) is 35.6 Å². The van der Waals surface area contributed by atoms with Crippen molar-refractivity contribution in [1.29, 1.82) is 0 Å². The van der Waals surface area contributed by atoms with Gasteiger partial charge in [0, 0.05) is 18.6 Å². The molecule has 102 valence electrons. The lowest BCUT2D eigenvalue weighted by Gasteiger charge is -2.26. The fourth-order valence-corrected chi connectivity index (χ4v) is 2.22. The van der Waals surface area contributed by atoms with Gasteiger partial charge in [-0.15, -0.1) is 0 Å². The Bertz CT molecular complexity index is 350. The molecule has 1 rings (SSSR count). The second-order valence-electron chi connectivity index (χ2n) is 4.83. The zero-order valence-electron chi connectivity index (χ0n) is 11.9. The fourth-order valence-electron chi connectivity index (χ4n) is 2.22. The van der Waals surface area contributed by atoms with Crippen LogP contribution < -0.4 is 5.32 Å². The fraction of sp³-hybridized carbons (Fsp3) is 0.600. The van der Waals surface area contributed by atoms with E-state index in [1.165, 1.54) is 6.07 Å². The molecule has 0 aromatic heterocycles. The minimum Gasteiger partial charge on any atom is -0.306 e. The van der Waals surface area contributed by atoms with E-state index in [0.29, 0.717) is 6.04 Å². The number of nitrogens with one attached hydrogen (secondary N) is 1. The van der Waals surface area contributed by atoms with Gasteiger partial charge in [-0.2, -0.15) is 0 Å². The number of rotatable bonds is 7. The van der Waals surface area contributed by atoms with Crippen LogP contribution in [0.3, 0.4) is 0 Å². The summed E-state index contributed by atoms with van der Waals surface area (Å²) in [5, 5.41) is 3.51. The summed E-state index contributed by atoms with van der Waals surface area (Å²) in [5.41, 5.74) is 1.00. The number of nitrogens with zero attached hydrogens (tertiary/aromatic N) is 1. The number of likely N-dealkylation sites (N-methyl/N-ethyl adjacent to an activating group) is 1. The van der Waals surface area contributed by atoms with Crippen LogP contribution in [0.2, 0.25) is 0 Å². The first-order valence-electron chi connectivity index (χ1n) is 6.80. The highest BCUT2D eigenvalue weighted by molar-refractivity contribution is 5.19. The topological polar surface area (TPSA) is 15.3 Å². The third kappa shape index (κ3) is 4.75. The average molecular weight is 252 g/mol. The Hall–Kier alpha value is -0.930. The second-order valence-corrected chi connectivity index (χ2v) is 4.83. The lowest BCUT2D eigenvalue weighted by Crippen LogP contribution is -2.40. The summed E-state index contributed by atoms with van der Waals surface area (Å²) in [6, 6.07) is 7.37. The van der Waals surface area contributed by atoms with Crippen molar-refractivity contribution in [2.45, 2.75) is 39.8 Å². The number of benzene rings is 1. The van der Waals surface area contributed by atoms with Gasteiger partial charge in [0.05, 0.1) is 0 Å². The molecule has 2 unspecified atom stereocenters. The molecule has 0 aliphatic heterocycles. The van der Waals surface area contributed by atoms with Crippen LogP contribution in [0.25, 0.3) is 0 Å². The highest BCUT2D eigenvalue weighted by Gasteiger charge is 2.12. The van der Waals surface area contributed by atoms with Crippen LogP contribution in [0.5, 0.6) is 0 Å². The van der Waals surface area contributed by atoms with E-state index in [1.807, 2.05) is 6.07 Å². The summed E-state index contributed by atoms with van der Waals surface area (Å²) >= 11 is 0. The van der Waals surface area contributed by atoms with Gasteiger partial charge in [0.15, 0.2) is 0 Å². The summed E-state index contributed by atoms with van der Waals surface area (Å²) in [6.45, 7) is 11.8. The van der Waals surface area contributed by atoms with Crippen LogP contribution in [-0.2, 0) is 0 Å². The Morgan fingerprint density at radius 3 is 2.44 bits per heavy atom. The molecule has 1 aromatic carbocycles. The van der Waals surface area contributed by atoms with Crippen molar-refractivity contribution in [3.8, 4) is 0 Å². The van der Waals surface area contributed by atoms with Crippen molar-refractivity contribution in [2.24, 2.45) is 0 Å². The first-order chi connectivity index (χ1) is 8.56. The van der Waals surface area contributed by atoms with Gasteiger partial charge in [0.1, 0.15) is 5.82 Å². The number of halogens is 1. The monoisotopic (exact) mass is 252 g/mol. The molecule has 2 atom stereocenters. The normalized spacial score (nSPS) is 14.8. The molecular formula is C15H25FN2. The minimum absolute atomic E-state index is 0.169. The molecule has 2 nitrogen and oxygen atoms in total. The van der Waals surface area contributed by atoms with Crippen molar-refractivity contribution < 1.29 is 4.39 Å². The van der Waals surface area contributed by atoms with Crippen LogP contribution in [0.15, 0.2) is 24.3 Å². The van der Waals surface area contributed by atoms with Crippen molar-refractivity contribution in [2.75, 3.05) is 19.6 Å². The maximum atomic E-state index is 13.1. The first kappa shape index (κ1) is 15.1. The molecular weight excluding hydrogens is 227 g/mol. The third-order valence-electron chi connectivity index (χ3n) is 3.31. The summed E-state index contributed by atoms with van der Waals surface area (Å²) < 4.78 is 13.1. The third-order valence-corrected chi connectivity index (χ3v) is 3.31. The van der Waals surface area contributed by atoms with Crippen LogP contribution in [0.1, 0.15) is 39.3 Å². The zero-order valence-corrected chi connectivity index (χ0v) is 11.9. The quantitative estimate of drug-likeness (QED) is 0.801. The molecule has 3 heteroatoms. The van der Waals surface area contributed by atoms with Gasteiger partial charge in [0.2, 0.25) is 0 Å². The van der Waals surface area contributed by atoms with Gasteiger partial charge < -0.3 is 10.2 Å². The molecule has 0 saturated heterocycles. The van der Waals surface area contributed by atoms with Gasteiger partial charge in [-0.25, -0.2) is 4.39 Å². The minimum atomic E-state index is -0.169. The summed E-state index contributed by atoms with van der Waals surface area (Å²) in [4.78, 5) is 2.38. The van der Waals surface area contributed by atoms with Crippen molar-refractivity contribution in [3.63, 3.8) is 0 Å². The Kier molecular flexibility index (Phi) is 6.30. The molecule has 0 heterocycles. The smallest absolute Gasteiger partial charge is 0.123 e. The Balaban J connectivity index is 2.51. The molecule has 0 fully saturated rings. The van der Waals surface area contributed by atoms with Gasteiger partial charge in [-0.1, -0.05) is 26.0 Å². The van der Waals surface area contributed by atoms with E-state index in [4.69, 9.17) is 0 Å². The molecule has 1 aromatic rings. The summed E-state index contributed by atoms with van der Waals surface area (Å²) in [5.74, 6) is -0.169.